The van der Waals surface area contributed by atoms with Gasteiger partial charge in [-0.15, -0.1) is 0 Å². The second-order valence-corrected chi connectivity index (χ2v) is 5.97. The molecule has 3 N–H and O–H groups in total. The van der Waals surface area contributed by atoms with Gasteiger partial charge in [0.25, 0.3) is 0 Å². The molecule has 6 nitrogen and oxygen atoms in total. The molecule has 0 radical (unpaired) electrons. The maximum absolute atomic E-state index is 12.0. The number of anilines is 1. The summed E-state index contributed by atoms with van der Waals surface area (Å²) in [7, 11) is 0. The first kappa shape index (κ1) is 16.2. The average Bonchev–Trinajstić information content (AvgIpc) is 2.77. The van der Waals surface area contributed by atoms with Crippen molar-refractivity contribution in [1.29, 1.82) is 0 Å². The number of nitrogens with two attached hydrogens (primary N) is 1. The van der Waals surface area contributed by atoms with Gasteiger partial charge in [-0.3, -0.25) is 4.79 Å². The molecule has 6 heteroatoms. The van der Waals surface area contributed by atoms with Crippen molar-refractivity contribution in [1.82, 2.24) is 14.8 Å². The van der Waals surface area contributed by atoms with Crippen LogP contribution in [0.1, 0.15) is 31.7 Å². The number of amides is 1. The highest BCUT2D eigenvalue weighted by Crippen LogP contribution is 2.13. The smallest absolute Gasteiger partial charge is 0.241 e. The van der Waals surface area contributed by atoms with E-state index in [1.165, 1.54) is 0 Å². The highest BCUT2D eigenvalue weighted by molar-refractivity contribution is 5.94. The van der Waals surface area contributed by atoms with Crippen molar-refractivity contribution in [2.45, 2.75) is 40.2 Å². The normalized spacial score (nSPS) is 12.5. The predicted octanol–water partition coefficient (Wildman–Crippen LogP) is 2.20. The van der Waals surface area contributed by atoms with Gasteiger partial charge in [0, 0.05) is 5.69 Å². The van der Waals surface area contributed by atoms with E-state index < -0.39 is 6.04 Å². The van der Waals surface area contributed by atoms with E-state index in [-0.39, 0.29) is 5.91 Å². The van der Waals surface area contributed by atoms with Crippen LogP contribution in [0.15, 0.2) is 24.4 Å². The number of carbonyl (C=O) groups excluding carboxylic acids is 1. The molecule has 22 heavy (non-hydrogen) atoms. The third kappa shape index (κ3) is 3.92. The molecule has 1 amide bonds. The lowest BCUT2D eigenvalue weighted by Gasteiger charge is -2.14. The number of pyridine rings is 1. The molecule has 2 aromatic heterocycles. The van der Waals surface area contributed by atoms with Crippen LogP contribution in [0.2, 0.25) is 0 Å². The van der Waals surface area contributed by atoms with Gasteiger partial charge in [-0.25, -0.2) is 9.67 Å². The SMILES string of the molecule is Cc1cc(C)n(-c2ccc(NC(=O)[C@@H](N)CC(C)C)cn2)n1. The quantitative estimate of drug-likeness (QED) is 0.886. The van der Waals surface area contributed by atoms with Crippen molar-refractivity contribution in [2.75, 3.05) is 5.32 Å². The van der Waals surface area contributed by atoms with Crippen LogP contribution in [0.4, 0.5) is 5.69 Å². The van der Waals surface area contributed by atoms with Crippen LogP contribution in [0.5, 0.6) is 0 Å². The molecular formula is C16H23N5O. The molecule has 2 heterocycles. The summed E-state index contributed by atoms with van der Waals surface area (Å²) in [5.41, 5.74) is 8.45. The van der Waals surface area contributed by atoms with E-state index in [9.17, 15) is 4.79 Å². The minimum atomic E-state index is -0.504. The molecule has 0 aromatic carbocycles. The van der Waals surface area contributed by atoms with Gasteiger partial charge in [0.05, 0.1) is 23.6 Å². The summed E-state index contributed by atoms with van der Waals surface area (Å²) in [5, 5.41) is 7.17. The molecule has 0 saturated carbocycles. The minimum Gasteiger partial charge on any atom is -0.323 e. The maximum Gasteiger partial charge on any atom is 0.241 e. The van der Waals surface area contributed by atoms with Crippen LogP contribution in [0.3, 0.4) is 0 Å². The first-order valence-electron chi connectivity index (χ1n) is 7.43. The van der Waals surface area contributed by atoms with Gasteiger partial charge in [-0.2, -0.15) is 5.10 Å². The number of aryl methyl sites for hydroxylation is 2. The van der Waals surface area contributed by atoms with E-state index in [1.807, 2.05) is 39.8 Å². The summed E-state index contributed by atoms with van der Waals surface area (Å²) in [5.74, 6) is 0.914. The standard InChI is InChI=1S/C16H23N5O/c1-10(2)7-14(17)16(22)19-13-5-6-15(18-9-13)21-12(4)8-11(3)20-21/h5-6,8-10,14H,7,17H2,1-4H3,(H,19,22)/t14-/m0/s1. The summed E-state index contributed by atoms with van der Waals surface area (Å²) < 4.78 is 1.77. The van der Waals surface area contributed by atoms with Crippen LogP contribution >= 0.6 is 0 Å². The third-order valence-corrected chi connectivity index (χ3v) is 3.30. The number of hydrogen-bond donors (Lipinski definition) is 2. The van der Waals surface area contributed by atoms with Crippen molar-refractivity contribution in [3.05, 3.63) is 35.8 Å². The van der Waals surface area contributed by atoms with E-state index in [0.29, 0.717) is 18.0 Å². The predicted molar refractivity (Wildman–Crippen MR) is 86.9 cm³/mol. The lowest BCUT2D eigenvalue weighted by atomic mass is 10.0. The summed E-state index contributed by atoms with van der Waals surface area (Å²) in [6.07, 6.45) is 2.27. The molecular weight excluding hydrogens is 278 g/mol. The third-order valence-electron chi connectivity index (χ3n) is 3.30. The Morgan fingerprint density at radius 3 is 2.59 bits per heavy atom. The Balaban J connectivity index is 2.06. The van der Waals surface area contributed by atoms with Crippen molar-refractivity contribution < 1.29 is 4.79 Å². The van der Waals surface area contributed by atoms with Crippen molar-refractivity contribution >= 4 is 11.6 Å². The molecule has 0 bridgehead atoms. The van der Waals surface area contributed by atoms with Gasteiger partial charge < -0.3 is 11.1 Å². The Kier molecular flexibility index (Phi) is 4.92. The second-order valence-electron chi connectivity index (χ2n) is 5.97. The molecule has 2 aromatic rings. The molecule has 0 unspecified atom stereocenters. The summed E-state index contributed by atoms with van der Waals surface area (Å²) in [4.78, 5) is 16.3. The maximum atomic E-state index is 12.0. The first-order valence-corrected chi connectivity index (χ1v) is 7.43. The molecule has 0 aliphatic carbocycles. The van der Waals surface area contributed by atoms with Gasteiger partial charge in [0.15, 0.2) is 5.82 Å². The van der Waals surface area contributed by atoms with E-state index in [0.717, 1.165) is 17.2 Å². The number of aromatic nitrogens is 3. The summed E-state index contributed by atoms with van der Waals surface area (Å²) in [6.45, 7) is 7.99. The molecule has 118 valence electrons. The molecule has 0 aliphatic heterocycles. The zero-order valence-electron chi connectivity index (χ0n) is 13.5. The number of nitrogens with one attached hydrogen (secondary N) is 1. The van der Waals surface area contributed by atoms with E-state index in [1.54, 1.807) is 16.9 Å². The summed E-state index contributed by atoms with van der Waals surface area (Å²) >= 11 is 0. The van der Waals surface area contributed by atoms with Crippen LogP contribution < -0.4 is 11.1 Å². The van der Waals surface area contributed by atoms with Gasteiger partial charge in [-0.1, -0.05) is 13.8 Å². The Labute approximate surface area is 130 Å². The topological polar surface area (TPSA) is 85.8 Å². The Morgan fingerprint density at radius 2 is 2.09 bits per heavy atom. The monoisotopic (exact) mass is 301 g/mol. The Bertz CT molecular complexity index is 645. The van der Waals surface area contributed by atoms with Gasteiger partial charge >= 0.3 is 0 Å². The minimum absolute atomic E-state index is 0.186. The fraction of sp³-hybridized carbons (Fsp3) is 0.438. The number of nitrogens with zero attached hydrogens (tertiary/aromatic N) is 3. The summed E-state index contributed by atoms with van der Waals surface area (Å²) in [6, 6.07) is 5.11. The lowest BCUT2D eigenvalue weighted by Crippen LogP contribution is -2.36. The second kappa shape index (κ2) is 6.70. The highest BCUT2D eigenvalue weighted by atomic mass is 16.2. The van der Waals surface area contributed by atoms with E-state index >= 15 is 0 Å². The zero-order chi connectivity index (χ0) is 16.3. The van der Waals surface area contributed by atoms with E-state index in [4.69, 9.17) is 5.73 Å². The van der Waals surface area contributed by atoms with E-state index in [2.05, 4.69) is 15.4 Å². The van der Waals surface area contributed by atoms with Crippen molar-refractivity contribution in [2.24, 2.45) is 11.7 Å². The van der Waals surface area contributed by atoms with Gasteiger partial charge in [0.2, 0.25) is 5.91 Å². The number of hydrogen-bond acceptors (Lipinski definition) is 4. The fourth-order valence-electron chi connectivity index (χ4n) is 2.30. The number of rotatable bonds is 5. The molecule has 0 spiro atoms. The van der Waals surface area contributed by atoms with Crippen molar-refractivity contribution in [3.63, 3.8) is 0 Å². The average molecular weight is 301 g/mol. The van der Waals surface area contributed by atoms with Gasteiger partial charge in [-0.05, 0) is 44.4 Å². The fourth-order valence-corrected chi connectivity index (χ4v) is 2.30. The van der Waals surface area contributed by atoms with Crippen LogP contribution in [-0.4, -0.2) is 26.7 Å². The molecule has 1 atom stereocenters. The Hall–Kier alpha value is -2.21. The zero-order valence-corrected chi connectivity index (χ0v) is 13.5. The largest absolute Gasteiger partial charge is 0.323 e. The molecule has 0 saturated heterocycles. The first-order chi connectivity index (χ1) is 10.4. The van der Waals surface area contributed by atoms with Gasteiger partial charge in [0.1, 0.15) is 0 Å². The van der Waals surface area contributed by atoms with Crippen LogP contribution in [0.25, 0.3) is 5.82 Å². The van der Waals surface area contributed by atoms with Crippen molar-refractivity contribution in [3.8, 4) is 5.82 Å². The molecule has 0 fully saturated rings. The van der Waals surface area contributed by atoms with Crippen LogP contribution in [-0.2, 0) is 4.79 Å². The Morgan fingerprint density at radius 1 is 1.36 bits per heavy atom. The molecule has 2 rings (SSSR count). The highest BCUT2D eigenvalue weighted by Gasteiger charge is 2.15. The lowest BCUT2D eigenvalue weighted by molar-refractivity contribution is -0.117. The molecule has 0 aliphatic rings. The number of carbonyl (C=O) groups is 1. The van der Waals surface area contributed by atoms with Crippen LogP contribution in [0, 0.1) is 19.8 Å².